The molecule has 0 aliphatic carbocycles. The highest BCUT2D eigenvalue weighted by Gasteiger charge is 2.16. The molecule has 3 heteroatoms. The first-order valence-corrected chi connectivity index (χ1v) is 6.04. The topological polar surface area (TPSA) is 17.0 Å². The molecule has 0 atom stereocenters. The molecule has 1 aliphatic rings. The summed E-state index contributed by atoms with van der Waals surface area (Å²) in [6.45, 7) is 4.27. The molecule has 0 bridgehead atoms. The Morgan fingerprint density at radius 1 is 1.40 bits per heavy atom. The van der Waals surface area contributed by atoms with Crippen LogP contribution in [-0.2, 0) is 13.1 Å². The van der Waals surface area contributed by atoms with E-state index in [1.54, 1.807) is 0 Å². The van der Waals surface area contributed by atoms with Crippen LogP contribution >= 0.6 is 15.9 Å². The molecule has 0 radical (unpaired) electrons. The first kappa shape index (κ1) is 9.43. The van der Waals surface area contributed by atoms with Crippen LogP contribution in [0, 0.1) is 6.92 Å². The molecule has 0 fully saturated rings. The standard InChI is InChI=1S/C12H13BrN2/c1-8-10-6-9(13)2-3-12(10)15-7-14-5-4-11(8)15/h2-3,6,14H,4-5,7H2,1H3. The number of rotatable bonds is 0. The minimum atomic E-state index is 0.946. The molecule has 2 heterocycles. The summed E-state index contributed by atoms with van der Waals surface area (Å²) in [4.78, 5) is 0. The Bertz CT molecular complexity index is 528. The zero-order valence-corrected chi connectivity index (χ0v) is 10.3. The molecule has 0 spiro atoms. The zero-order valence-electron chi connectivity index (χ0n) is 8.68. The van der Waals surface area contributed by atoms with Crippen LogP contribution in [0.5, 0.6) is 0 Å². The summed E-state index contributed by atoms with van der Waals surface area (Å²) in [5.74, 6) is 0. The fourth-order valence-electron chi connectivity index (χ4n) is 2.45. The van der Waals surface area contributed by atoms with E-state index in [9.17, 15) is 0 Å². The Morgan fingerprint density at radius 3 is 3.13 bits per heavy atom. The minimum Gasteiger partial charge on any atom is -0.331 e. The maximum Gasteiger partial charge on any atom is 0.0728 e. The number of halogens is 1. The number of aryl methyl sites for hydroxylation is 1. The molecule has 0 saturated heterocycles. The van der Waals surface area contributed by atoms with E-state index in [4.69, 9.17) is 0 Å². The Kier molecular flexibility index (Phi) is 2.11. The van der Waals surface area contributed by atoms with Gasteiger partial charge in [0.1, 0.15) is 0 Å². The average molecular weight is 265 g/mol. The summed E-state index contributed by atoms with van der Waals surface area (Å²) < 4.78 is 3.55. The molecule has 1 aromatic carbocycles. The van der Waals surface area contributed by atoms with E-state index in [1.165, 1.54) is 22.2 Å². The smallest absolute Gasteiger partial charge is 0.0728 e. The number of hydrogen-bond donors (Lipinski definition) is 1. The normalized spacial score (nSPS) is 15.6. The fraction of sp³-hybridized carbons (Fsp3) is 0.333. The van der Waals surface area contributed by atoms with Crippen molar-refractivity contribution in [2.75, 3.05) is 6.54 Å². The van der Waals surface area contributed by atoms with Crippen molar-refractivity contribution < 1.29 is 0 Å². The molecule has 1 aromatic heterocycles. The van der Waals surface area contributed by atoms with Crippen LogP contribution in [-0.4, -0.2) is 11.1 Å². The van der Waals surface area contributed by atoms with Crippen molar-refractivity contribution in [3.05, 3.63) is 33.9 Å². The van der Waals surface area contributed by atoms with E-state index in [0.717, 1.165) is 24.1 Å². The second kappa shape index (κ2) is 3.35. The number of hydrogen-bond acceptors (Lipinski definition) is 1. The van der Waals surface area contributed by atoms with Gasteiger partial charge in [0, 0.05) is 34.0 Å². The van der Waals surface area contributed by atoms with Crippen LogP contribution in [0.1, 0.15) is 11.3 Å². The highest BCUT2D eigenvalue weighted by atomic mass is 79.9. The third-order valence-corrected chi connectivity index (χ3v) is 3.71. The molecule has 2 nitrogen and oxygen atoms in total. The van der Waals surface area contributed by atoms with Crippen molar-refractivity contribution in [3.8, 4) is 0 Å². The summed E-state index contributed by atoms with van der Waals surface area (Å²) in [7, 11) is 0. The van der Waals surface area contributed by atoms with Crippen LogP contribution in [0.15, 0.2) is 22.7 Å². The lowest BCUT2D eigenvalue weighted by Gasteiger charge is -2.17. The SMILES string of the molecule is Cc1c2n(c3ccc(Br)cc13)CNCC2. The van der Waals surface area contributed by atoms with Crippen molar-refractivity contribution >= 4 is 26.8 Å². The predicted octanol–water partition coefficient (Wildman–Crippen LogP) is 2.82. The minimum absolute atomic E-state index is 0.946. The zero-order chi connectivity index (χ0) is 10.4. The van der Waals surface area contributed by atoms with Crippen LogP contribution < -0.4 is 5.32 Å². The number of benzene rings is 1. The Balaban J connectivity index is 2.38. The quantitative estimate of drug-likeness (QED) is 0.775. The van der Waals surface area contributed by atoms with Crippen LogP contribution in [0.25, 0.3) is 10.9 Å². The molecule has 0 unspecified atom stereocenters. The van der Waals surface area contributed by atoms with E-state index in [1.807, 2.05) is 0 Å². The van der Waals surface area contributed by atoms with Gasteiger partial charge in [0.15, 0.2) is 0 Å². The Labute approximate surface area is 97.4 Å². The molecule has 15 heavy (non-hydrogen) atoms. The molecule has 3 rings (SSSR count). The summed E-state index contributed by atoms with van der Waals surface area (Å²) in [5, 5.41) is 4.79. The van der Waals surface area contributed by atoms with Gasteiger partial charge in [-0.05, 0) is 30.7 Å². The Hall–Kier alpha value is -0.800. The van der Waals surface area contributed by atoms with Crippen molar-refractivity contribution in [1.82, 2.24) is 9.88 Å². The van der Waals surface area contributed by atoms with Crippen LogP contribution in [0.3, 0.4) is 0 Å². The first-order chi connectivity index (χ1) is 7.27. The predicted molar refractivity (Wildman–Crippen MR) is 66.1 cm³/mol. The number of fused-ring (bicyclic) bond motifs is 3. The maximum absolute atomic E-state index is 3.53. The summed E-state index contributed by atoms with van der Waals surface area (Å²) >= 11 is 3.53. The summed E-state index contributed by atoms with van der Waals surface area (Å²) in [6.07, 6.45) is 1.14. The highest BCUT2D eigenvalue weighted by Crippen LogP contribution is 2.29. The van der Waals surface area contributed by atoms with Crippen molar-refractivity contribution in [1.29, 1.82) is 0 Å². The molecule has 1 aliphatic heterocycles. The van der Waals surface area contributed by atoms with Gasteiger partial charge < -0.3 is 4.57 Å². The lowest BCUT2D eigenvalue weighted by Crippen LogP contribution is -2.28. The average Bonchev–Trinajstić information content (AvgIpc) is 2.54. The van der Waals surface area contributed by atoms with E-state index in [-0.39, 0.29) is 0 Å². The maximum atomic E-state index is 3.53. The van der Waals surface area contributed by atoms with Crippen molar-refractivity contribution in [3.63, 3.8) is 0 Å². The number of nitrogens with zero attached hydrogens (tertiary/aromatic N) is 1. The van der Waals surface area contributed by atoms with Gasteiger partial charge in [0.25, 0.3) is 0 Å². The van der Waals surface area contributed by atoms with E-state index in [2.05, 4.69) is 50.9 Å². The second-order valence-electron chi connectivity index (χ2n) is 4.07. The van der Waals surface area contributed by atoms with Gasteiger partial charge in [-0.25, -0.2) is 0 Å². The highest BCUT2D eigenvalue weighted by molar-refractivity contribution is 9.10. The van der Waals surface area contributed by atoms with Gasteiger partial charge in [0.05, 0.1) is 6.67 Å². The number of aromatic nitrogens is 1. The Morgan fingerprint density at radius 2 is 2.27 bits per heavy atom. The molecule has 78 valence electrons. The molecular formula is C12H13BrN2. The van der Waals surface area contributed by atoms with Gasteiger partial charge in [-0.1, -0.05) is 15.9 Å². The summed E-state index contributed by atoms with van der Waals surface area (Å²) in [5.41, 5.74) is 4.27. The fourth-order valence-corrected chi connectivity index (χ4v) is 2.81. The molecule has 0 amide bonds. The molecule has 2 aromatic rings. The van der Waals surface area contributed by atoms with E-state index < -0.39 is 0 Å². The van der Waals surface area contributed by atoms with Gasteiger partial charge in [-0.3, -0.25) is 5.32 Å². The summed E-state index contributed by atoms with van der Waals surface area (Å²) in [6, 6.07) is 6.53. The molecular weight excluding hydrogens is 252 g/mol. The first-order valence-electron chi connectivity index (χ1n) is 5.25. The van der Waals surface area contributed by atoms with Crippen LogP contribution in [0.2, 0.25) is 0 Å². The van der Waals surface area contributed by atoms with Gasteiger partial charge in [-0.2, -0.15) is 0 Å². The van der Waals surface area contributed by atoms with Crippen LogP contribution in [0.4, 0.5) is 0 Å². The van der Waals surface area contributed by atoms with E-state index >= 15 is 0 Å². The van der Waals surface area contributed by atoms with Crippen molar-refractivity contribution in [2.45, 2.75) is 20.0 Å². The van der Waals surface area contributed by atoms with Crippen molar-refractivity contribution in [2.24, 2.45) is 0 Å². The molecule has 0 saturated carbocycles. The molecule has 1 N–H and O–H groups in total. The van der Waals surface area contributed by atoms with Gasteiger partial charge in [0.2, 0.25) is 0 Å². The third-order valence-electron chi connectivity index (χ3n) is 3.22. The largest absolute Gasteiger partial charge is 0.331 e. The van der Waals surface area contributed by atoms with E-state index in [0.29, 0.717) is 0 Å². The lowest BCUT2D eigenvalue weighted by atomic mass is 10.1. The van der Waals surface area contributed by atoms with Gasteiger partial charge in [-0.15, -0.1) is 0 Å². The monoisotopic (exact) mass is 264 g/mol. The lowest BCUT2D eigenvalue weighted by molar-refractivity contribution is 0.505. The van der Waals surface area contributed by atoms with Gasteiger partial charge >= 0.3 is 0 Å². The number of nitrogens with one attached hydrogen (secondary N) is 1. The second-order valence-corrected chi connectivity index (χ2v) is 4.98. The third kappa shape index (κ3) is 1.34.